The van der Waals surface area contributed by atoms with E-state index in [9.17, 15) is 5.11 Å². The fraction of sp³-hybridized carbons (Fsp3) is 0.385. The van der Waals surface area contributed by atoms with E-state index in [2.05, 4.69) is 19.9 Å². The molecule has 0 atom stereocenters. The number of hydrogen-bond acceptors (Lipinski definition) is 8. The largest absolute Gasteiger partial charge is 0.388 e. The quantitative estimate of drug-likeness (QED) is 0.802. The number of aliphatic hydroxyl groups excluding tert-OH is 1. The molecule has 3 N–H and O–H groups in total. The molecule has 1 fully saturated rings. The summed E-state index contributed by atoms with van der Waals surface area (Å²) in [6.07, 6.45) is 1.61. The van der Waals surface area contributed by atoms with Crippen molar-refractivity contribution < 1.29 is 9.84 Å². The summed E-state index contributed by atoms with van der Waals surface area (Å²) in [5.41, 5.74) is 6.31. The Morgan fingerprint density at radius 3 is 2.67 bits per heavy atom. The summed E-state index contributed by atoms with van der Waals surface area (Å²) < 4.78 is 5.32. The second-order valence-corrected chi connectivity index (χ2v) is 4.60. The number of nitrogen functional groups attached to an aromatic ring is 1. The Labute approximate surface area is 121 Å². The van der Waals surface area contributed by atoms with Crippen molar-refractivity contribution in [2.45, 2.75) is 6.61 Å². The highest BCUT2D eigenvalue weighted by Gasteiger charge is 2.17. The van der Waals surface area contributed by atoms with Gasteiger partial charge in [-0.3, -0.25) is 0 Å². The summed E-state index contributed by atoms with van der Waals surface area (Å²) >= 11 is 0. The number of nitrogens with two attached hydrogens (primary N) is 1. The molecule has 2 aromatic rings. The second kappa shape index (κ2) is 5.98. The van der Waals surface area contributed by atoms with Crippen molar-refractivity contribution in [3.05, 3.63) is 24.2 Å². The Morgan fingerprint density at radius 1 is 1.19 bits per heavy atom. The van der Waals surface area contributed by atoms with E-state index >= 15 is 0 Å². The summed E-state index contributed by atoms with van der Waals surface area (Å²) in [5, 5.41) is 9.34. The molecule has 1 aliphatic rings. The summed E-state index contributed by atoms with van der Waals surface area (Å²) in [6.45, 7) is 2.47. The van der Waals surface area contributed by atoms with Gasteiger partial charge in [-0.2, -0.15) is 9.97 Å². The highest BCUT2D eigenvalue weighted by atomic mass is 16.5. The Kier molecular flexibility index (Phi) is 3.89. The zero-order valence-corrected chi connectivity index (χ0v) is 11.4. The van der Waals surface area contributed by atoms with Crippen LogP contribution in [-0.2, 0) is 11.3 Å². The molecule has 3 heterocycles. The minimum Gasteiger partial charge on any atom is -0.388 e. The van der Waals surface area contributed by atoms with Crippen LogP contribution in [0.3, 0.4) is 0 Å². The zero-order chi connectivity index (χ0) is 14.7. The lowest BCUT2D eigenvalue weighted by molar-refractivity contribution is 0.122. The normalized spacial score (nSPS) is 15.2. The molecule has 0 saturated carbocycles. The first kappa shape index (κ1) is 13.7. The van der Waals surface area contributed by atoms with Crippen LogP contribution < -0.4 is 10.6 Å². The standard InChI is InChI=1S/C13H16N6O2/c14-10-2-1-9(7-15-10)12-16-11(8-20)17-13(18-12)19-3-5-21-6-4-19/h1-2,7,20H,3-6,8H2,(H2,14,15). The van der Waals surface area contributed by atoms with Gasteiger partial charge >= 0.3 is 0 Å². The average Bonchev–Trinajstić information content (AvgIpc) is 2.56. The molecule has 0 aliphatic carbocycles. The minimum atomic E-state index is -0.241. The molecule has 8 nitrogen and oxygen atoms in total. The molecule has 0 aromatic carbocycles. The molecular weight excluding hydrogens is 272 g/mol. The lowest BCUT2D eigenvalue weighted by atomic mass is 10.2. The SMILES string of the molecule is Nc1ccc(-c2nc(CO)nc(N3CCOCC3)n2)cn1. The molecule has 0 unspecified atom stereocenters. The maximum absolute atomic E-state index is 9.34. The van der Waals surface area contributed by atoms with Gasteiger partial charge in [0.15, 0.2) is 11.6 Å². The Morgan fingerprint density at radius 2 is 2.00 bits per heavy atom. The number of pyridine rings is 1. The fourth-order valence-corrected chi connectivity index (χ4v) is 2.05. The number of aliphatic hydroxyl groups is 1. The Bertz CT molecular complexity index is 613. The van der Waals surface area contributed by atoms with Crippen LogP contribution >= 0.6 is 0 Å². The average molecular weight is 288 g/mol. The monoisotopic (exact) mass is 288 g/mol. The lowest BCUT2D eigenvalue weighted by Crippen LogP contribution is -2.37. The van der Waals surface area contributed by atoms with Gasteiger partial charge in [-0.15, -0.1) is 0 Å². The van der Waals surface area contributed by atoms with Gasteiger partial charge in [-0.05, 0) is 12.1 Å². The van der Waals surface area contributed by atoms with Gasteiger partial charge in [-0.25, -0.2) is 9.97 Å². The number of nitrogens with zero attached hydrogens (tertiary/aromatic N) is 5. The molecule has 0 radical (unpaired) electrons. The summed E-state index contributed by atoms with van der Waals surface area (Å²) in [4.78, 5) is 19.0. The molecule has 3 rings (SSSR count). The van der Waals surface area contributed by atoms with Crippen LogP contribution in [0.5, 0.6) is 0 Å². The maximum Gasteiger partial charge on any atom is 0.229 e. The first-order valence-electron chi connectivity index (χ1n) is 6.66. The molecule has 21 heavy (non-hydrogen) atoms. The van der Waals surface area contributed by atoms with Crippen LogP contribution in [0.15, 0.2) is 18.3 Å². The topological polar surface area (TPSA) is 110 Å². The van der Waals surface area contributed by atoms with Gasteiger partial charge in [-0.1, -0.05) is 0 Å². The third-order valence-corrected chi connectivity index (χ3v) is 3.15. The third-order valence-electron chi connectivity index (χ3n) is 3.15. The maximum atomic E-state index is 9.34. The van der Waals surface area contributed by atoms with Crippen molar-refractivity contribution in [3.8, 4) is 11.4 Å². The van der Waals surface area contributed by atoms with E-state index in [0.717, 1.165) is 5.56 Å². The van der Waals surface area contributed by atoms with E-state index in [1.165, 1.54) is 0 Å². The third kappa shape index (κ3) is 3.06. The number of anilines is 2. The van der Waals surface area contributed by atoms with Gasteiger partial charge < -0.3 is 20.5 Å². The van der Waals surface area contributed by atoms with Gasteiger partial charge in [0, 0.05) is 24.8 Å². The van der Waals surface area contributed by atoms with Gasteiger partial charge in [0.1, 0.15) is 12.4 Å². The van der Waals surface area contributed by atoms with Crippen molar-refractivity contribution in [1.29, 1.82) is 0 Å². The minimum absolute atomic E-state index is 0.241. The summed E-state index contributed by atoms with van der Waals surface area (Å²) in [6, 6.07) is 3.48. The molecule has 0 spiro atoms. The van der Waals surface area contributed by atoms with E-state index in [1.807, 2.05) is 4.90 Å². The zero-order valence-electron chi connectivity index (χ0n) is 11.4. The van der Waals surface area contributed by atoms with Crippen molar-refractivity contribution in [3.63, 3.8) is 0 Å². The van der Waals surface area contributed by atoms with E-state index < -0.39 is 0 Å². The molecule has 0 bridgehead atoms. The van der Waals surface area contributed by atoms with Crippen molar-refractivity contribution in [1.82, 2.24) is 19.9 Å². The smallest absolute Gasteiger partial charge is 0.229 e. The summed E-state index contributed by atoms with van der Waals surface area (Å²) in [7, 11) is 0. The highest BCUT2D eigenvalue weighted by molar-refractivity contribution is 5.56. The van der Waals surface area contributed by atoms with Crippen LogP contribution in [-0.4, -0.2) is 51.3 Å². The van der Waals surface area contributed by atoms with Gasteiger partial charge in [0.2, 0.25) is 5.95 Å². The van der Waals surface area contributed by atoms with E-state index in [-0.39, 0.29) is 6.61 Å². The number of hydrogen-bond donors (Lipinski definition) is 2. The van der Waals surface area contributed by atoms with Gasteiger partial charge in [0.25, 0.3) is 0 Å². The lowest BCUT2D eigenvalue weighted by Gasteiger charge is -2.27. The van der Waals surface area contributed by atoms with Crippen LogP contribution in [0.4, 0.5) is 11.8 Å². The van der Waals surface area contributed by atoms with E-state index in [4.69, 9.17) is 10.5 Å². The van der Waals surface area contributed by atoms with E-state index in [0.29, 0.717) is 49.7 Å². The Balaban J connectivity index is 1.98. The van der Waals surface area contributed by atoms with E-state index in [1.54, 1.807) is 18.3 Å². The molecular formula is C13H16N6O2. The molecule has 0 amide bonds. The molecule has 8 heteroatoms. The second-order valence-electron chi connectivity index (χ2n) is 4.60. The van der Waals surface area contributed by atoms with Crippen molar-refractivity contribution in [2.24, 2.45) is 0 Å². The first-order chi connectivity index (χ1) is 10.3. The van der Waals surface area contributed by atoms with Gasteiger partial charge in [0.05, 0.1) is 13.2 Å². The number of morpholine rings is 1. The number of ether oxygens (including phenoxy) is 1. The number of aromatic nitrogens is 4. The number of rotatable bonds is 3. The molecule has 2 aromatic heterocycles. The fourth-order valence-electron chi connectivity index (χ4n) is 2.05. The molecule has 1 saturated heterocycles. The first-order valence-corrected chi connectivity index (χ1v) is 6.66. The summed E-state index contributed by atoms with van der Waals surface area (Å²) in [5.74, 6) is 1.79. The Hall–Kier alpha value is -2.32. The van der Waals surface area contributed by atoms with Crippen LogP contribution in [0.1, 0.15) is 5.82 Å². The molecule has 1 aliphatic heterocycles. The van der Waals surface area contributed by atoms with Crippen LogP contribution in [0, 0.1) is 0 Å². The predicted octanol–water partition coefficient (Wildman–Crippen LogP) is -0.155. The van der Waals surface area contributed by atoms with Crippen LogP contribution in [0.2, 0.25) is 0 Å². The molecule has 110 valence electrons. The predicted molar refractivity (Wildman–Crippen MR) is 76.4 cm³/mol. The van der Waals surface area contributed by atoms with Crippen LogP contribution in [0.25, 0.3) is 11.4 Å². The highest BCUT2D eigenvalue weighted by Crippen LogP contribution is 2.18. The van der Waals surface area contributed by atoms with Crippen molar-refractivity contribution in [2.75, 3.05) is 36.9 Å². The van der Waals surface area contributed by atoms with Crippen molar-refractivity contribution >= 4 is 11.8 Å².